The first-order chi connectivity index (χ1) is 11.1. The van der Waals surface area contributed by atoms with Crippen molar-refractivity contribution in [2.75, 3.05) is 5.32 Å². The van der Waals surface area contributed by atoms with Gasteiger partial charge in [-0.15, -0.1) is 0 Å². The van der Waals surface area contributed by atoms with E-state index < -0.39 is 26.9 Å². The summed E-state index contributed by atoms with van der Waals surface area (Å²) in [6.07, 6.45) is 2.88. The van der Waals surface area contributed by atoms with Crippen LogP contribution in [0.3, 0.4) is 0 Å². The molecule has 0 saturated heterocycles. The number of hydrogen-bond acceptors (Lipinski definition) is 4. The Morgan fingerprint density at radius 1 is 1.33 bits per heavy atom. The molecule has 3 N–H and O–H groups in total. The lowest BCUT2D eigenvalue weighted by atomic mass is 10.1. The molecule has 0 heterocycles. The summed E-state index contributed by atoms with van der Waals surface area (Å²) < 4.78 is 24.7. The van der Waals surface area contributed by atoms with Crippen molar-refractivity contribution in [3.8, 4) is 5.75 Å². The van der Waals surface area contributed by atoms with Gasteiger partial charge in [-0.1, -0.05) is 18.5 Å². The molecule has 0 spiro atoms. The summed E-state index contributed by atoms with van der Waals surface area (Å²) in [6.45, 7) is 5.13. The van der Waals surface area contributed by atoms with Crippen molar-refractivity contribution in [1.29, 1.82) is 0 Å². The van der Waals surface area contributed by atoms with Crippen molar-refractivity contribution in [2.24, 2.45) is 5.92 Å². The largest absolute Gasteiger partial charge is 0.504 e. The van der Waals surface area contributed by atoms with Gasteiger partial charge in [0.2, 0.25) is 0 Å². The smallest absolute Gasteiger partial charge is 0.319 e. The highest BCUT2D eigenvalue weighted by Crippen LogP contribution is 2.38. The van der Waals surface area contributed by atoms with E-state index in [0.29, 0.717) is 5.92 Å². The summed E-state index contributed by atoms with van der Waals surface area (Å²) in [6, 6.07) is 2.35. The first-order valence-corrected chi connectivity index (χ1v) is 9.88. The summed E-state index contributed by atoms with van der Waals surface area (Å²) in [4.78, 5) is 11.7. The van der Waals surface area contributed by atoms with Crippen LogP contribution in [0.5, 0.6) is 5.75 Å². The fourth-order valence-electron chi connectivity index (χ4n) is 2.84. The Morgan fingerprint density at radius 2 is 2.00 bits per heavy atom. The normalized spacial score (nSPS) is 21.0. The first-order valence-electron chi connectivity index (χ1n) is 7.95. The van der Waals surface area contributed by atoms with Gasteiger partial charge >= 0.3 is 6.03 Å². The van der Waals surface area contributed by atoms with Gasteiger partial charge in [0.15, 0.2) is 15.6 Å². The molecule has 1 aromatic rings. The molecule has 1 saturated carbocycles. The van der Waals surface area contributed by atoms with Crippen LogP contribution in [-0.2, 0) is 9.84 Å². The van der Waals surface area contributed by atoms with Gasteiger partial charge in [-0.3, -0.25) is 0 Å². The predicted molar refractivity (Wildman–Crippen MR) is 94.4 cm³/mol. The molecule has 1 aliphatic carbocycles. The van der Waals surface area contributed by atoms with Crippen molar-refractivity contribution >= 4 is 33.2 Å². The van der Waals surface area contributed by atoms with E-state index in [1.807, 2.05) is 0 Å². The molecule has 2 amide bonds. The van der Waals surface area contributed by atoms with Crippen LogP contribution < -0.4 is 10.6 Å². The van der Waals surface area contributed by atoms with Crippen molar-refractivity contribution in [3.63, 3.8) is 0 Å². The number of aromatic hydroxyl groups is 1. The van der Waals surface area contributed by atoms with Crippen LogP contribution in [-0.4, -0.2) is 30.8 Å². The van der Waals surface area contributed by atoms with E-state index in [4.69, 9.17) is 11.6 Å². The topological polar surface area (TPSA) is 95.5 Å². The number of carbonyl (C=O) groups is 1. The standard InChI is InChI=1S/C16H23ClN2O4S/c1-9(2)24(22,23)15-12(17)6-7-13(14(15)20)19-16(21)18-11-5-4-10(3)8-11/h6-7,9-11,20H,4-5,8H2,1-3H3,(H2,18,19,21). The molecule has 2 unspecified atom stereocenters. The van der Waals surface area contributed by atoms with E-state index in [2.05, 4.69) is 17.6 Å². The summed E-state index contributed by atoms with van der Waals surface area (Å²) in [7, 11) is -3.78. The average Bonchev–Trinajstić information content (AvgIpc) is 2.87. The van der Waals surface area contributed by atoms with Crippen LogP contribution in [0.1, 0.15) is 40.0 Å². The van der Waals surface area contributed by atoms with Crippen LogP contribution in [0, 0.1) is 5.92 Å². The molecule has 1 aromatic carbocycles. The molecule has 0 bridgehead atoms. The third-order valence-corrected chi connectivity index (χ3v) is 6.92. The number of carbonyl (C=O) groups excluding carboxylic acids is 1. The Morgan fingerprint density at radius 3 is 2.54 bits per heavy atom. The Balaban J connectivity index is 2.21. The Labute approximate surface area is 147 Å². The molecule has 1 aliphatic rings. The second kappa shape index (κ2) is 7.19. The minimum absolute atomic E-state index is 0.0159. The molecule has 2 rings (SSSR count). The highest BCUT2D eigenvalue weighted by molar-refractivity contribution is 7.92. The minimum atomic E-state index is -3.78. The van der Waals surface area contributed by atoms with Crippen molar-refractivity contribution < 1.29 is 18.3 Å². The monoisotopic (exact) mass is 374 g/mol. The zero-order chi connectivity index (χ0) is 18.1. The lowest BCUT2D eigenvalue weighted by molar-refractivity contribution is 0.248. The number of nitrogens with one attached hydrogen (secondary N) is 2. The minimum Gasteiger partial charge on any atom is -0.504 e. The highest BCUT2D eigenvalue weighted by Gasteiger charge is 2.28. The zero-order valence-corrected chi connectivity index (χ0v) is 15.5. The molecular weight excluding hydrogens is 352 g/mol. The molecule has 24 heavy (non-hydrogen) atoms. The van der Waals surface area contributed by atoms with E-state index in [1.165, 1.54) is 26.0 Å². The molecule has 2 atom stereocenters. The summed E-state index contributed by atoms with van der Waals surface area (Å²) in [5.74, 6) is 0.0353. The number of anilines is 1. The van der Waals surface area contributed by atoms with Crippen LogP contribution in [0.4, 0.5) is 10.5 Å². The SMILES string of the molecule is CC1CCC(NC(=O)Nc2ccc(Cl)c(S(=O)(=O)C(C)C)c2O)C1. The van der Waals surface area contributed by atoms with Gasteiger partial charge in [0.05, 0.1) is 16.0 Å². The first kappa shape index (κ1) is 18.9. The average molecular weight is 375 g/mol. The molecule has 8 heteroatoms. The second-order valence-electron chi connectivity index (χ2n) is 6.58. The van der Waals surface area contributed by atoms with Gasteiger partial charge < -0.3 is 15.7 Å². The molecule has 6 nitrogen and oxygen atoms in total. The van der Waals surface area contributed by atoms with Crippen molar-refractivity contribution in [1.82, 2.24) is 5.32 Å². The predicted octanol–water partition coefficient (Wildman–Crippen LogP) is 3.54. The number of benzene rings is 1. The van der Waals surface area contributed by atoms with Crippen molar-refractivity contribution in [2.45, 2.75) is 56.2 Å². The quantitative estimate of drug-likeness (QED) is 0.702. The maximum absolute atomic E-state index is 12.4. The number of phenolic OH excluding ortho intramolecular Hbond substituents is 1. The van der Waals surface area contributed by atoms with Gasteiger partial charge in [0, 0.05) is 6.04 Å². The van der Waals surface area contributed by atoms with Gasteiger partial charge in [0.25, 0.3) is 0 Å². The molecule has 0 aliphatic heterocycles. The van der Waals surface area contributed by atoms with Gasteiger partial charge in [-0.05, 0) is 51.2 Å². The summed E-state index contributed by atoms with van der Waals surface area (Å²) >= 11 is 5.95. The van der Waals surface area contributed by atoms with E-state index in [1.54, 1.807) is 0 Å². The third-order valence-electron chi connectivity index (χ3n) is 4.27. The Bertz CT molecular complexity index is 734. The number of phenols is 1. The fourth-order valence-corrected chi connectivity index (χ4v) is 4.50. The van der Waals surface area contributed by atoms with Crippen LogP contribution in [0.15, 0.2) is 17.0 Å². The number of amides is 2. The van der Waals surface area contributed by atoms with Gasteiger partial charge in [-0.25, -0.2) is 13.2 Å². The van der Waals surface area contributed by atoms with Crippen LogP contribution in [0.2, 0.25) is 5.02 Å². The van der Waals surface area contributed by atoms with E-state index >= 15 is 0 Å². The molecular formula is C16H23ClN2O4S. The number of rotatable bonds is 4. The van der Waals surface area contributed by atoms with Gasteiger partial charge in [-0.2, -0.15) is 0 Å². The Kier molecular flexibility index (Phi) is 5.65. The van der Waals surface area contributed by atoms with E-state index in [0.717, 1.165) is 19.3 Å². The summed E-state index contributed by atoms with van der Waals surface area (Å²) in [5, 5.41) is 14.8. The molecule has 134 valence electrons. The molecule has 0 aromatic heterocycles. The Hall–Kier alpha value is -1.47. The fraction of sp³-hybridized carbons (Fsp3) is 0.562. The maximum atomic E-state index is 12.4. The number of urea groups is 1. The summed E-state index contributed by atoms with van der Waals surface area (Å²) in [5.41, 5.74) is 0.0159. The second-order valence-corrected chi connectivity index (χ2v) is 9.43. The lowest BCUT2D eigenvalue weighted by Crippen LogP contribution is -2.36. The van der Waals surface area contributed by atoms with Crippen molar-refractivity contribution in [3.05, 3.63) is 17.2 Å². The molecule has 1 fully saturated rings. The maximum Gasteiger partial charge on any atom is 0.319 e. The highest BCUT2D eigenvalue weighted by atomic mass is 35.5. The molecule has 0 radical (unpaired) electrons. The number of hydrogen-bond donors (Lipinski definition) is 3. The van der Waals surface area contributed by atoms with Crippen LogP contribution in [0.25, 0.3) is 0 Å². The van der Waals surface area contributed by atoms with E-state index in [9.17, 15) is 18.3 Å². The third kappa shape index (κ3) is 3.95. The number of sulfone groups is 1. The number of halogens is 1. The van der Waals surface area contributed by atoms with Crippen LogP contribution >= 0.6 is 11.6 Å². The lowest BCUT2D eigenvalue weighted by Gasteiger charge is -2.17. The van der Waals surface area contributed by atoms with Gasteiger partial charge in [0.1, 0.15) is 4.90 Å². The van der Waals surface area contributed by atoms with E-state index in [-0.39, 0.29) is 21.6 Å². The zero-order valence-electron chi connectivity index (χ0n) is 14.0.